The first kappa shape index (κ1) is 23.6. The third kappa shape index (κ3) is 6.70. The first-order chi connectivity index (χ1) is 16.0. The molecule has 0 saturated carbocycles. The van der Waals surface area contributed by atoms with E-state index >= 15 is 0 Å². The van der Waals surface area contributed by atoms with Crippen molar-refractivity contribution in [3.8, 4) is 28.6 Å². The van der Waals surface area contributed by atoms with Gasteiger partial charge in [-0.2, -0.15) is 0 Å². The fourth-order valence-electron chi connectivity index (χ4n) is 3.19. The Morgan fingerprint density at radius 3 is 2.52 bits per heavy atom. The Morgan fingerprint density at radius 1 is 0.970 bits per heavy atom. The molecule has 0 spiro atoms. The average molecular weight is 450 g/mol. The summed E-state index contributed by atoms with van der Waals surface area (Å²) in [6.45, 7) is 0.633. The average Bonchev–Trinajstić information content (AvgIpc) is 2.84. The van der Waals surface area contributed by atoms with Crippen LogP contribution >= 0.6 is 0 Å². The summed E-state index contributed by atoms with van der Waals surface area (Å²) in [5.41, 5.74) is 8.09. The summed E-state index contributed by atoms with van der Waals surface area (Å²) in [4.78, 5) is 27.7. The number of hydrogen-bond donors (Lipinski definition) is 2. The Hall–Kier alpha value is -4.07. The first-order valence-electron chi connectivity index (χ1n) is 10.5. The van der Waals surface area contributed by atoms with Crippen molar-refractivity contribution in [2.24, 2.45) is 5.73 Å². The van der Waals surface area contributed by atoms with Crippen LogP contribution in [-0.4, -0.2) is 44.2 Å². The van der Waals surface area contributed by atoms with Gasteiger partial charge in [0.2, 0.25) is 11.8 Å². The quantitative estimate of drug-likeness (QED) is 0.465. The maximum atomic E-state index is 12.3. The van der Waals surface area contributed by atoms with Crippen molar-refractivity contribution in [1.29, 1.82) is 0 Å². The summed E-state index contributed by atoms with van der Waals surface area (Å²) < 4.78 is 16.4. The number of primary amides is 1. The van der Waals surface area contributed by atoms with Gasteiger partial charge in [0.1, 0.15) is 0 Å². The molecule has 1 heterocycles. The SMILES string of the molecule is COc1ccc(CCOc2cccc(-c3cccc(C(=O)NCCC(N)=O)c3)n2)cc1OC. The number of rotatable bonds is 11. The molecule has 3 N–H and O–H groups in total. The summed E-state index contributed by atoms with van der Waals surface area (Å²) in [6, 6.07) is 18.4. The Bertz CT molecular complexity index is 1120. The molecule has 0 aliphatic rings. The molecule has 1 aromatic heterocycles. The van der Waals surface area contributed by atoms with Crippen LogP contribution in [-0.2, 0) is 11.2 Å². The number of nitrogens with two attached hydrogens (primary N) is 1. The number of nitrogens with zero attached hydrogens (tertiary/aromatic N) is 1. The summed E-state index contributed by atoms with van der Waals surface area (Å²) in [5.74, 6) is 1.11. The van der Waals surface area contributed by atoms with Gasteiger partial charge in [-0.05, 0) is 35.9 Å². The van der Waals surface area contributed by atoms with Gasteiger partial charge in [0, 0.05) is 36.6 Å². The van der Waals surface area contributed by atoms with Gasteiger partial charge in [0.25, 0.3) is 5.91 Å². The van der Waals surface area contributed by atoms with Crippen LogP contribution in [0.4, 0.5) is 0 Å². The monoisotopic (exact) mass is 449 g/mol. The molecule has 0 bridgehead atoms. The van der Waals surface area contributed by atoms with E-state index < -0.39 is 5.91 Å². The van der Waals surface area contributed by atoms with Crippen molar-refractivity contribution in [1.82, 2.24) is 10.3 Å². The molecule has 0 radical (unpaired) electrons. The topological polar surface area (TPSA) is 113 Å². The van der Waals surface area contributed by atoms with Crippen molar-refractivity contribution in [3.63, 3.8) is 0 Å². The van der Waals surface area contributed by atoms with Crippen LogP contribution in [0.3, 0.4) is 0 Å². The van der Waals surface area contributed by atoms with Crippen molar-refractivity contribution in [2.45, 2.75) is 12.8 Å². The zero-order chi connectivity index (χ0) is 23.6. The fourth-order valence-corrected chi connectivity index (χ4v) is 3.19. The second-order valence-corrected chi connectivity index (χ2v) is 7.20. The fraction of sp³-hybridized carbons (Fsp3) is 0.240. The van der Waals surface area contributed by atoms with E-state index in [1.54, 1.807) is 38.5 Å². The van der Waals surface area contributed by atoms with Crippen LogP contribution in [0.5, 0.6) is 17.4 Å². The highest BCUT2D eigenvalue weighted by atomic mass is 16.5. The molecule has 0 unspecified atom stereocenters. The molecule has 8 nitrogen and oxygen atoms in total. The van der Waals surface area contributed by atoms with E-state index in [2.05, 4.69) is 10.3 Å². The van der Waals surface area contributed by atoms with E-state index in [0.717, 1.165) is 11.1 Å². The van der Waals surface area contributed by atoms with E-state index in [4.69, 9.17) is 19.9 Å². The molecule has 3 aromatic rings. The molecule has 33 heavy (non-hydrogen) atoms. The van der Waals surface area contributed by atoms with Crippen LogP contribution in [0.15, 0.2) is 60.7 Å². The number of nitrogens with one attached hydrogen (secondary N) is 1. The molecule has 0 fully saturated rings. The number of carbonyl (C=O) groups excluding carboxylic acids is 2. The summed E-state index contributed by atoms with van der Waals surface area (Å²) in [6.07, 6.45) is 0.767. The maximum Gasteiger partial charge on any atom is 0.251 e. The van der Waals surface area contributed by atoms with Gasteiger partial charge in [-0.1, -0.05) is 24.3 Å². The van der Waals surface area contributed by atoms with E-state index in [1.807, 2.05) is 36.4 Å². The lowest BCUT2D eigenvalue weighted by Crippen LogP contribution is -2.27. The third-order valence-corrected chi connectivity index (χ3v) is 4.89. The Morgan fingerprint density at radius 2 is 1.76 bits per heavy atom. The summed E-state index contributed by atoms with van der Waals surface area (Å²) in [5, 5.41) is 2.68. The lowest BCUT2D eigenvalue weighted by atomic mass is 10.1. The lowest BCUT2D eigenvalue weighted by Gasteiger charge is -2.11. The molecule has 0 aliphatic heterocycles. The van der Waals surface area contributed by atoms with Gasteiger partial charge in [0.15, 0.2) is 11.5 Å². The lowest BCUT2D eigenvalue weighted by molar-refractivity contribution is -0.117. The third-order valence-electron chi connectivity index (χ3n) is 4.89. The molecular weight excluding hydrogens is 422 g/mol. The molecule has 8 heteroatoms. The first-order valence-corrected chi connectivity index (χ1v) is 10.5. The molecule has 3 rings (SSSR count). The van der Waals surface area contributed by atoms with Gasteiger partial charge < -0.3 is 25.3 Å². The van der Waals surface area contributed by atoms with Crippen LogP contribution in [0.25, 0.3) is 11.3 Å². The zero-order valence-corrected chi connectivity index (χ0v) is 18.7. The second kappa shape index (κ2) is 11.5. The molecule has 2 aromatic carbocycles. The van der Waals surface area contributed by atoms with Gasteiger partial charge in [0.05, 0.1) is 26.5 Å². The molecular formula is C25H27N3O5. The zero-order valence-electron chi connectivity index (χ0n) is 18.7. The minimum absolute atomic E-state index is 0.0929. The number of amides is 2. The molecule has 0 atom stereocenters. The van der Waals surface area contributed by atoms with Crippen molar-refractivity contribution >= 4 is 11.8 Å². The molecule has 0 saturated heterocycles. The van der Waals surface area contributed by atoms with E-state index in [9.17, 15) is 9.59 Å². The minimum atomic E-state index is -0.462. The normalized spacial score (nSPS) is 10.4. The highest BCUT2D eigenvalue weighted by molar-refractivity contribution is 5.95. The highest BCUT2D eigenvalue weighted by Gasteiger charge is 2.09. The predicted octanol–water partition coefficient (Wildman–Crippen LogP) is 2.99. The van der Waals surface area contributed by atoms with Crippen molar-refractivity contribution < 1.29 is 23.8 Å². The second-order valence-electron chi connectivity index (χ2n) is 7.20. The standard InChI is InChI=1S/C25H27N3O5/c1-31-21-10-9-17(15-22(21)32-2)12-14-33-24-8-4-7-20(28-24)18-5-3-6-19(16-18)25(30)27-13-11-23(26)29/h3-10,15-16H,11-14H2,1-2H3,(H2,26,29)(H,27,30). The van der Waals surface area contributed by atoms with E-state index in [0.29, 0.717) is 41.7 Å². The Balaban J connectivity index is 1.63. The Kier molecular flexibility index (Phi) is 8.24. The summed E-state index contributed by atoms with van der Waals surface area (Å²) >= 11 is 0. The Labute approximate surface area is 192 Å². The van der Waals surface area contributed by atoms with E-state index in [-0.39, 0.29) is 18.9 Å². The van der Waals surface area contributed by atoms with Crippen molar-refractivity contribution in [2.75, 3.05) is 27.4 Å². The largest absolute Gasteiger partial charge is 0.493 e. The van der Waals surface area contributed by atoms with Gasteiger partial charge >= 0.3 is 0 Å². The minimum Gasteiger partial charge on any atom is -0.493 e. The van der Waals surface area contributed by atoms with Gasteiger partial charge in [-0.25, -0.2) is 4.98 Å². The smallest absolute Gasteiger partial charge is 0.251 e. The number of hydrogen-bond acceptors (Lipinski definition) is 6. The van der Waals surface area contributed by atoms with Gasteiger partial charge in [-0.3, -0.25) is 9.59 Å². The summed E-state index contributed by atoms with van der Waals surface area (Å²) in [7, 11) is 3.21. The number of pyridine rings is 1. The number of ether oxygens (including phenoxy) is 3. The van der Waals surface area contributed by atoms with Crippen LogP contribution < -0.4 is 25.3 Å². The van der Waals surface area contributed by atoms with Crippen LogP contribution in [0.2, 0.25) is 0 Å². The number of benzene rings is 2. The van der Waals surface area contributed by atoms with Crippen molar-refractivity contribution in [3.05, 3.63) is 71.8 Å². The predicted molar refractivity (Wildman–Crippen MR) is 125 cm³/mol. The molecule has 172 valence electrons. The van der Waals surface area contributed by atoms with Crippen LogP contribution in [0.1, 0.15) is 22.3 Å². The molecule has 0 aliphatic carbocycles. The number of carbonyl (C=O) groups is 2. The van der Waals surface area contributed by atoms with Crippen LogP contribution in [0, 0.1) is 0 Å². The molecule has 2 amide bonds. The number of methoxy groups -OCH3 is 2. The number of aromatic nitrogens is 1. The van der Waals surface area contributed by atoms with Gasteiger partial charge in [-0.15, -0.1) is 0 Å². The highest BCUT2D eigenvalue weighted by Crippen LogP contribution is 2.28. The maximum absolute atomic E-state index is 12.3. The van der Waals surface area contributed by atoms with E-state index in [1.165, 1.54) is 0 Å².